The zero-order valence-electron chi connectivity index (χ0n) is 10.9. The lowest BCUT2D eigenvalue weighted by atomic mass is 10.4. The Morgan fingerprint density at radius 3 is 2.95 bits per heavy atom. The van der Waals surface area contributed by atoms with Crippen molar-refractivity contribution in [2.75, 3.05) is 7.11 Å². The van der Waals surface area contributed by atoms with E-state index in [0.717, 1.165) is 10.7 Å². The molecule has 8 heteroatoms. The first-order valence-electron chi connectivity index (χ1n) is 5.97. The van der Waals surface area contributed by atoms with Gasteiger partial charge in [-0.15, -0.1) is 22.9 Å². The van der Waals surface area contributed by atoms with E-state index in [4.69, 9.17) is 16.3 Å². The maximum absolute atomic E-state index is 6.23. The second kappa shape index (κ2) is 5.34. The van der Waals surface area contributed by atoms with E-state index < -0.39 is 0 Å². The number of ether oxygens (including phenoxy) is 1. The third-order valence-corrected chi connectivity index (χ3v) is 3.83. The van der Waals surface area contributed by atoms with Crippen molar-refractivity contribution >= 4 is 34.1 Å². The first kappa shape index (κ1) is 13.3. The van der Waals surface area contributed by atoms with Gasteiger partial charge in [0.05, 0.1) is 24.5 Å². The first-order valence-corrected chi connectivity index (χ1v) is 7.29. The Morgan fingerprint density at radius 2 is 2.30 bits per heavy atom. The molecular formula is C12H12ClN5OS. The average molecular weight is 310 g/mol. The fraction of sp³-hybridized carbons (Fsp3) is 0.333. The van der Waals surface area contributed by atoms with Gasteiger partial charge in [0.25, 0.3) is 0 Å². The van der Waals surface area contributed by atoms with Crippen LogP contribution in [0.1, 0.15) is 23.0 Å². The quantitative estimate of drug-likeness (QED) is 0.693. The molecular weight excluding hydrogens is 298 g/mol. The summed E-state index contributed by atoms with van der Waals surface area (Å²) in [7, 11) is 1.56. The highest BCUT2D eigenvalue weighted by Crippen LogP contribution is 2.28. The highest BCUT2D eigenvalue weighted by molar-refractivity contribution is 7.09. The van der Waals surface area contributed by atoms with Crippen LogP contribution in [0.25, 0.3) is 11.2 Å². The van der Waals surface area contributed by atoms with Gasteiger partial charge in [-0.2, -0.15) is 4.98 Å². The third kappa shape index (κ3) is 2.23. The number of nitrogens with zero attached hydrogens (tertiary/aromatic N) is 5. The molecule has 20 heavy (non-hydrogen) atoms. The van der Waals surface area contributed by atoms with E-state index in [1.807, 2.05) is 17.7 Å². The largest absolute Gasteiger partial charge is 0.479 e. The first-order chi connectivity index (χ1) is 9.70. The van der Waals surface area contributed by atoms with E-state index in [-0.39, 0.29) is 5.38 Å². The van der Waals surface area contributed by atoms with Crippen LogP contribution >= 0.6 is 22.9 Å². The summed E-state index contributed by atoms with van der Waals surface area (Å²) in [6, 6.07) is 0. The molecule has 0 spiro atoms. The van der Waals surface area contributed by atoms with Crippen LogP contribution in [-0.4, -0.2) is 31.6 Å². The molecule has 0 radical (unpaired) electrons. The van der Waals surface area contributed by atoms with Crippen LogP contribution in [0.15, 0.2) is 18.0 Å². The summed E-state index contributed by atoms with van der Waals surface area (Å²) < 4.78 is 7.21. The molecule has 104 valence electrons. The zero-order valence-corrected chi connectivity index (χ0v) is 12.5. The molecule has 0 aliphatic carbocycles. The molecule has 1 unspecified atom stereocenters. The van der Waals surface area contributed by atoms with Crippen molar-refractivity contribution in [3.63, 3.8) is 0 Å². The van der Waals surface area contributed by atoms with Crippen LogP contribution in [0, 0.1) is 0 Å². The molecule has 6 nitrogen and oxygen atoms in total. The van der Waals surface area contributed by atoms with Crippen molar-refractivity contribution in [1.29, 1.82) is 0 Å². The molecule has 1 atom stereocenters. The Labute approximate surface area is 124 Å². The number of fused-ring (bicyclic) bond motifs is 1. The maximum Gasteiger partial charge on any atom is 0.245 e. The minimum atomic E-state index is -0.234. The van der Waals surface area contributed by atoms with E-state index in [0.29, 0.717) is 23.6 Å². The van der Waals surface area contributed by atoms with Crippen LogP contribution in [0.2, 0.25) is 0 Å². The summed E-state index contributed by atoms with van der Waals surface area (Å²) in [6.45, 7) is 2.51. The predicted octanol–water partition coefficient (Wildman–Crippen LogP) is 2.64. The number of hydrogen-bond acceptors (Lipinski definition) is 6. The van der Waals surface area contributed by atoms with E-state index in [2.05, 4.69) is 19.9 Å². The van der Waals surface area contributed by atoms with Gasteiger partial charge in [0, 0.05) is 11.1 Å². The summed E-state index contributed by atoms with van der Waals surface area (Å²) in [5.74, 6) is 1.20. The number of aromatic nitrogens is 5. The molecule has 3 heterocycles. The molecule has 3 aromatic heterocycles. The molecule has 3 rings (SSSR count). The summed E-state index contributed by atoms with van der Waals surface area (Å²) >= 11 is 7.81. The fourth-order valence-electron chi connectivity index (χ4n) is 2.02. The Hall–Kier alpha value is -1.73. The topological polar surface area (TPSA) is 65.7 Å². The Bertz CT molecular complexity index is 725. The van der Waals surface area contributed by atoms with Gasteiger partial charge in [0.1, 0.15) is 12.2 Å². The number of halogens is 1. The number of rotatable bonds is 4. The Balaban J connectivity index is 2.19. The number of imidazole rings is 1. The normalized spacial score (nSPS) is 12.8. The minimum Gasteiger partial charge on any atom is -0.479 e. The van der Waals surface area contributed by atoms with Crippen LogP contribution in [0.3, 0.4) is 0 Å². The summed E-state index contributed by atoms with van der Waals surface area (Å²) in [6.07, 6.45) is 3.30. The zero-order chi connectivity index (χ0) is 14.1. The van der Waals surface area contributed by atoms with Crippen molar-refractivity contribution in [3.05, 3.63) is 28.7 Å². The van der Waals surface area contributed by atoms with E-state index >= 15 is 0 Å². The second-order valence-corrected chi connectivity index (χ2v) is 5.82. The van der Waals surface area contributed by atoms with Gasteiger partial charge in [-0.05, 0) is 6.92 Å². The van der Waals surface area contributed by atoms with Crippen molar-refractivity contribution in [2.45, 2.75) is 18.8 Å². The minimum absolute atomic E-state index is 0.234. The van der Waals surface area contributed by atoms with Crippen LogP contribution < -0.4 is 4.74 Å². The molecule has 0 bridgehead atoms. The second-order valence-electron chi connectivity index (χ2n) is 4.20. The number of alkyl halides is 1. The van der Waals surface area contributed by atoms with Gasteiger partial charge in [-0.3, -0.25) is 4.98 Å². The predicted molar refractivity (Wildman–Crippen MR) is 77.4 cm³/mol. The van der Waals surface area contributed by atoms with Crippen molar-refractivity contribution in [1.82, 2.24) is 24.5 Å². The molecule has 0 aliphatic heterocycles. The van der Waals surface area contributed by atoms with Crippen molar-refractivity contribution in [3.8, 4) is 5.88 Å². The maximum atomic E-state index is 6.23. The molecule has 0 amide bonds. The molecule has 0 aromatic carbocycles. The molecule has 3 aromatic rings. The van der Waals surface area contributed by atoms with E-state index in [1.165, 1.54) is 6.33 Å². The van der Waals surface area contributed by atoms with Crippen molar-refractivity contribution < 1.29 is 4.74 Å². The highest BCUT2D eigenvalue weighted by atomic mass is 35.5. The van der Waals surface area contributed by atoms with Crippen LogP contribution in [-0.2, 0) is 6.54 Å². The molecule has 0 fully saturated rings. The van der Waals surface area contributed by atoms with Crippen molar-refractivity contribution in [2.24, 2.45) is 0 Å². The summed E-state index contributed by atoms with van der Waals surface area (Å²) in [4.78, 5) is 18.1. The molecule has 0 saturated heterocycles. The number of thiazole rings is 1. The summed E-state index contributed by atoms with van der Waals surface area (Å²) in [5, 5.41) is -0.234. The number of hydrogen-bond donors (Lipinski definition) is 0. The average Bonchev–Trinajstić information content (AvgIpc) is 3.07. The lowest BCUT2D eigenvalue weighted by Gasteiger charge is -2.08. The van der Waals surface area contributed by atoms with Gasteiger partial charge < -0.3 is 9.30 Å². The van der Waals surface area contributed by atoms with Gasteiger partial charge in [0.2, 0.25) is 5.88 Å². The standard InChI is InChI=1S/C12H12ClN5OS/c1-7(13)10-17-9-11(15-5-16-12(9)19-2)18(10)4-8-3-14-6-20-8/h3,5-7H,4H2,1-2H3. The van der Waals surface area contributed by atoms with Gasteiger partial charge in [0.15, 0.2) is 11.2 Å². The fourth-order valence-corrected chi connectivity index (χ4v) is 2.77. The van der Waals surface area contributed by atoms with Gasteiger partial charge in [-0.25, -0.2) is 9.97 Å². The lowest BCUT2D eigenvalue weighted by Crippen LogP contribution is -2.05. The Kier molecular flexibility index (Phi) is 3.54. The third-order valence-electron chi connectivity index (χ3n) is 2.87. The SMILES string of the molecule is COc1ncnc2c1nc(C(C)Cl)n2Cc1cncs1. The molecule has 0 aliphatic rings. The Morgan fingerprint density at radius 1 is 1.45 bits per heavy atom. The molecule has 0 saturated carbocycles. The summed E-state index contributed by atoms with van der Waals surface area (Å²) in [5.41, 5.74) is 3.14. The van der Waals surface area contributed by atoms with E-state index in [1.54, 1.807) is 24.0 Å². The number of methoxy groups -OCH3 is 1. The molecule has 0 N–H and O–H groups in total. The van der Waals surface area contributed by atoms with Crippen LogP contribution in [0.4, 0.5) is 0 Å². The van der Waals surface area contributed by atoms with Gasteiger partial charge >= 0.3 is 0 Å². The van der Waals surface area contributed by atoms with Gasteiger partial charge in [-0.1, -0.05) is 0 Å². The monoisotopic (exact) mass is 309 g/mol. The van der Waals surface area contributed by atoms with Crippen LogP contribution in [0.5, 0.6) is 5.88 Å². The smallest absolute Gasteiger partial charge is 0.245 e. The lowest BCUT2D eigenvalue weighted by molar-refractivity contribution is 0.401. The highest BCUT2D eigenvalue weighted by Gasteiger charge is 2.19. The van der Waals surface area contributed by atoms with E-state index in [9.17, 15) is 0 Å².